The summed E-state index contributed by atoms with van der Waals surface area (Å²) in [5.41, 5.74) is 5.46. The molecule has 0 saturated heterocycles. The fraction of sp³-hybridized carbons (Fsp3) is 0.0769. The zero-order valence-corrected chi connectivity index (χ0v) is 11.3. The number of aryl methyl sites for hydroxylation is 1. The summed E-state index contributed by atoms with van der Waals surface area (Å²) in [6.45, 7) is 2.09. The van der Waals surface area contributed by atoms with Crippen LogP contribution in [-0.2, 0) is 0 Å². The van der Waals surface area contributed by atoms with E-state index >= 15 is 0 Å². The summed E-state index contributed by atoms with van der Waals surface area (Å²) < 4.78 is 34.0. The Kier molecular flexibility index (Phi) is 4.12. The lowest BCUT2D eigenvalue weighted by atomic mass is 10.2. The van der Waals surface area contributed by atoms with E-state index in [0.717, 1.165) is 22.1 Å². The molecule has 0 saturated carbocycles. The first-order valence-corrected chi connectivity index (χ1v) is 6.87. The maximum atomic E-state index is 8.49. The average Bonchev–Trinajstić information content (AvgIpc) is 2.35. The third-order valence-corrected chi connectivity index (χ3v) is 2.66. The molecule has 104 valence electrons. The molecule has 2 aromatic carbocycles. The second-order valence-corrected chi connectivity index (χ2v) is 4.86. The van der Waals surface area contributed by atoms with E-state index in [2.05, 4.69) is 23.0 Å². The molecule has 7 heteroatoms. The average molecular weight is 295 g/mol. The Bertz CT molecular complexity index is 737. The monoisotopic (exact) mass is 294 g/mol. The largest absolute Gasteiger partial charge is 0.235 e. The van der Waals surface area contributed by atoms with Crippen molar-refractivity contribution in [2.24, 2.45) is 0 Å². The highest BCUT2D eigenvalue weighted by Crippen LogP contribution is 2.14. The van der Waals surface area contributed by atoms with Gasteiger partial charge in [0.05, 0.1) is 0 Å². The molecule has 20 heavy (non-hydrogen) atoms. The molecule has 0 atom stereocenters. The van der Waals surface area contributed by atoms with Crippen LogP contribution in [0.4, 0.5) is 0 Å². The summed E-state index contributed by atoms with van der Waals surface area (Å²) in [6, 6.07) is 14.3. The third-order valence-electron chi connectivity index (χ3n) is 2.66. The molecule has 0 unspecified atom stereocenters. The Labute approximate surface area is 116 Å². The summed E-state index contributed by atoms with van der Waals surface area (Å²) in [6.07, 6.45) is 0. The van der Waals surface area contributed by atoms with Crippen LogP contribution in [0.2, 0.25) is 0 Å². The lowest BCUT2D eigenvalue weighted by Crippen LogP contribution is -2.68. The van der Waals surface area contributed by atoms with Gasteiger partial charge in [-0.1, -0.05) is 24.3 Å². The van der Waals surface area contributed by atoms with E-state index in [1.54, 1.807) is 0 Å². The van der Waals surface area contributed by atoms with E-state index in [1.165, 1.54) is 5.56 Å². The number of nitrogens with one attached hydrogen (secondary N) is 1. The van der Waals surface area contributed by atoms with E-state index < -0.39 is 10.2 Å². The molecule has 0 aliphatic carbocycles. The first-order valence-electron chi connectivity index (χ1n) is 5.64. The number of aromatic nitrogens is 2. The first-order chi connectivity index (χ1) is 9.34. The van der Waals surface area contributed by atoms with Crippen molar-refractivity contribution in [3.05, 3.63) is 48.0 Å². The Morgan fingerprint density at radius 1 is 0.900 bits per heavy atom. The molecule has 1 N–H and O–H groups in total. The first kappa shape index (κ1) is 14.6. The maximum Gasteiger partial charge on any atom is 0.232 e. The molecule has 0 fully saturated rings. The smallest absolute Gasteiger partial charge is 0.232 e. The number of fused-ring (bicyclic) bond motifs is 2. The summed E-state index contributed by atoms with van der Waals surface area (Å²) in [5.74, 6) is 0. The molecular formula is C13H11ClN2O4. The standard InChI is InChI=1S/C13H10N2.ClHO4/c1-9-5-4-8-12-13(9)15-11-7-3-2-6-10(11)14-12;2-1(3,4)5/h2-8H,1H3;(H,2,3,4,5). The van der Waals surface area contributed by atoms with Gasteiger partial charge >= 0.3 is 0 Å². The van der Waals surface area contributed by atoms with Gasteiger partial charge in [-0.05, 0) is 19.1 Å². The number of hydrogen-bond acceptors (Lipinski definition) is 5. The molecule has 0 bridgehead atoms. The highest BCUT2D eigenvalue weighted by atomic mass is 35.7. The summed E-state index contributed by atoms with van der Waals surface area (Å²) in [5, 5.41) is 0. The van der Waals surface area contributed by atoms with Gasteiger partial charge in [0.25, 0.3) is 0 Å². The SMILES string of the molecule is Cc1cccc2nc3ccccc3[nH+]c12.[O-][Cl+3]([O-])([O-])[O-]. The molecule has 3 aromatic rings. The van der Waals surface area contributed by atoms with Crippen molar-refractivity contribution in [3.63, 3.8) is 0 Å². The normalized spacial score (nSPS) is 11.2. The second kappa shape index (κ2) is 5.66. The van der Waals surface area contributed by atoms with Crippen molar-refractivity contribution < 1.29 is 33.9 Å². The number of para-hydroxylation sites is 3. The number of hydrogen-bond donors (Lipinski definition) is 0. The number of H-pyrrole nitrogens is 1. The second-order valence-electron chi connectivity index (χ2n) is 4.10. The highest BCUT2D eigenvalue weighted by molar-refractivity contribution is 5.82. The minimum atomic E-state index is -4.94. The minimum absolute atomic E-state index is 1.01. The van der Waals surface area contributed by atoms with Crippen molar-refractivity contribution in [1.82, 2.24) is 4.98 Å². The van der Waals surface area contributed by atoms with Crippen molar-refractivity contribution in [2.45, 2.75) is 6.92 Å². The lowest BCUT2D eigenvalue weighted by Gasteiger charge is -2.17. The molecule has 0 amide bonds. The Morgan fingerprint density at radius 3 is 2.20 bits per heavy atom. The highest BCUT2D eigenvalue weighted by Gasteiger charge is 2.08. The van der Waals surface area contributed by atoms with Crippen molar-refractivity contribution in [3.8, 4) is 0 Å². The molecular weight excluding hydrogens is 284 g/mol. The van der Waals surface area contributed by atoms with Gasteiger partial charge in [-0.2, -0.15) is 0 Å². The fourth-order valence-electron chi connectivity index (χ4n) is 1.85. The zero-order chi connectivity index (χ0) is 14.8. The van der Waals surface area contributed by atoms with Crippen LogP contribution in [0.5, 0.6) is 0 Å². The number of benzene rings is 2. The van der Waals surface area contributed by atoms with Gasteiger partial charge in [0.2, 0.25) is 11.0 Å². The van der Waals surface area contributed by atoms with Gasteiger partial charge in [0, 0.05) is 11.6 Å². The summed E-state index contributed by atoms with van der Waals surface area (Å²) in [7, 11) is -4.94. The number of aromatic amines is 1. The van der Waals surface area contributed by atoms with Gasteiger partial charge in [-0.25, -0.2) is 28.6 Å². The van der Waals surface area contributed by atoms with E-state index in [4.69, 9.17) is 18.6 Å². The maximum absolute atomic E-state index is 8.49. The predicted octanol–water partition coefficient (Wildman–Crippen LogP) is -2.25. The number of halogens is 1. The predicted molar refractivity (Wildman–Crippen MR) is 60.5 cm³/mol. The Morgan fingerprint density at radius 2 is 1.50 bits per heavy atom. The topological polar surface area (TPSA) is 119 Å². The van der Waals surface area contributed by atoms with E-state index in [0.29, 0.717) is 0 Å². The third kappa shape index (κ3) is 3.83. The quantitative estimate of drug-likeness (QED) is 0.434. The van der Waals surface area contributed by atoms with Gasteiger partial charge in [0.1, 0.15) is 11.0 Å². The molecule has 1 aromatic heterocycles. The molecule has 0 aliphatic rings. The van der Waals surface area contributed by atoms with Crippen molar-refractivity contribution in [2.75, 3.05) is 0 Å². The lowest BCUT2D eigenvalue weighted by molar-refractivity contribution is -2.00. The summed E-state index contributed by atoms with van der Waals surface area (Å²) in [4.78, 5) is 8.02. The molecule has 0 radical (unpaired) electrons. The van der Waals surface area contributed by atoms with Crippen molar-refractivity contribution >= 4 is 22.1 Å². The van der Waals surface area contributed by atoms with Gasteiger partial charge < -0.3 is 0 Å². The Hall–Kier alpha value is -1.83. The van der Waals surface area contributed by atoms with E-state index in [9.17, 15) is 0 Å². The minimum Gasteiger partial charge on any atom is -0.235 e. The van der Waals surface area contributed by atoms with E-state index in [-0.39, 0.29) is 0 Å². The van der Waals surface area contributed by atoms with Crippen LogP contribution in [0.15, 0.2) is 42.5 Å². The molecule has 0 aliphatic heterocycles. The van der Waals surface area contributed by atoms with Crippen LogP contribution in [0.25, 0.3) is 22.1 Å². The number of nitrogens with zero attached hydrogens (tertiary/aromatic N) is 1. The van der Waals surface area contributed by atoms with Crippen molar-refractivity contribution in [1.29, 1.82) is 0 Å². The number of rotatable bonds is 0. The molecule has 1 heterocycles. The van der Waals surface area contributed by atoms with Crippen LogP contribution in [0.1, 0.15) is 5.56 Å². The van der Waals surface area contributed by atoms with Crippen LogP contribution in [-0.4, -0.2) is 4.98 Å². The summed E-state index contributed by atoms with van der Waals surface area (Å²) >= 11 is 0. The molecule has 6 nitrogen and oxygen atoms in total. The fourth-order valence-corrected chi connectivity index (χ4v) is 1.85. The van der Waals surface area contributed by atoms with Gasteiger partial charge in [0.15, 0.2) is 0 Å². The van der Waals surface area contributed by atoms with E-state index in [1.807, 2.05) is 36.4 Å². The molecule has 3 rings (SSSR count). The van der Waals surface area contributed by atoms with Crippen LogP contribution < -0.4 is 23.6 Å². The van der Waals surface area contributed by atoms with Gasteiger partial charge in [-0.3, -0.25) is 0 Å². The Balaban J connectivity index is 0.000000257. The van der Waals surface area contributed by atoms with Crippen LogP contribution in [0.3, 0.4) is 0 Å². The molecule has 0 spiro atoms. The van der Waals surface area contributed by atoms with Crippen LogP contribution >= 0.6 is 0 Å². The van der Waals surface area contributed by atoms with Crippen LogP contribution in [0, 0.1) is 17.2 Å². The zero-order valence-electron chi connectivity index (χ0n) is 10.5. The van der Waals surface area contributed by atoms with Gasteiger partial charge in [-0.15, -0.1) is 10.2 Å².